The highest BCUT2D eigenvalue weighted by atomic mass is 19.1. The van der Waals surface area contributed by atoms with Crippen molar-refractivity contribution in [1.29, 1.82) is 0 Å². The fourth-order valence-corrected chi connectivity index (χ4v) is 4.87. The molecule has 0 bridgehead atoms. The fourth-order valence-electron chi connectivity index (χ4n) is 4.87. The summed E-state index contributed by atoms with van der Waals surface area (Å²) in [6.07, 6.45) is -4.20. The van der Waals surface area contributed by atoms with Crippen molar-refractivity contribution in [2.45, 2.75) is 56.5 Å². The van der Waals surface area contributed by atoms with Gasteiger partial charge in [-0.2, -0.15) is 0 Å². The van der Waals surface area contributed by atoms with E-state index in [1.807, 2.05) is 0 Å². The van der Waals surface area contributed by atoms with Crippen LogP contribution in [0.4, 0.5) is 4.39 Å². The SMILES string of the molecule is COC1OC(COC(=O)c2ccccc2)C(C)(F)CC(C)(OC(=O)c2ccccc2)CC1OC(=O)c1ccccc1. The lowest BCUT2D eigenvalue weighted by Crippen LogP contribution is -2.56. The molecule has 0 saturated carbocycles. The van der Waals surface area contributed by atoms with Gasteiger partial charge in [-0.05, 0) is 50.2 Å². The smallest absolute Gasteiger partial charge is 0.338 e. The maximum absolute atomic E-state index is 16.5. The normalized spacial score (nSPS) is 26.2. The Morgan fingerprint density at radius 1 is 0.805 bits per heavy atom. The molecule has 0 N–H and O–H groups in total. The van der Waals surface area contributed by atoms with Gasteiger partial charge in [0.25, 0.3) is 0 Å². The van der Waals surface area contributed by atoms with E-state index in [1.165, 1.54) is 14.0 Å². The molecule has 0 aliphatic carbocycles. The second-order valence-electron chi connectivity index (χ2n) is 10.4. The maximum Gasteiger partial charge on any atom is 0.338 e. The molecule has 0 spiro atoms. The molecular weight excluding hydrogens is 531 g/mol. The highest BCUT2D eigenvalue weighted by molar-refractivity contribution is 5.90. The highest BCUT2D eigenvalue weighted by Gasteiger charge is 2.51. The van der Waals surface area contributed by atoms with Gasteiger partial charge in [-0.15, -0.1) is 0 Å². The summed E-state index contributed by atoms with van der Waals surface area (Å²) in [5.41, 5.74) is -2.77. The lowest BCUT2D eigenvalue weighted by Gasteiger charge is -2.44. The zero-order valence-corrected chi connectivity index (χ0v) is 23.2. The Labute approximate surface area is 238 Å². The van der Waals surface area contributed by atoms with Crippen LogP contribution < -0.4 is 0 Å². The molecule has 9 heteroatoms. The summed E-state index contributed by atoms with van der Waals surface area (Å²) < 4.78 is 45.1. The molecule has 216 valence electrons. The standard InChI is InChI=1S/C32H33FO8/c1-31(41-29(36)24-17-11-6-12-18-24)19-25(39-28(35)23-15-9-5-10-16-23)30(37-3)40-26(32(2,33)21-31)20-38-27(34)22-13-7-4-8-14-22/h4-18,25-26,30H,19-21H2,1-3H3. The molecule has 3 aromatic rings. The summed E-state index contributed by atoms with van der Waals surface area (Å²) in [4.78, 5) is 38.8. The van der Waals surface area contributed by atoms with Crippen LogP contribution in [0.1, 0.15) is 57.8 Å². The van der Waals surface area contributed by atoms with Crippen LogP contribution in [0.5, 0.6) is 0 Å². The van der Waals surface area contributed by atoms with Crippen LogP contribution >= 0.6 is 0 Å². The number of hydrogen-bond donors (Lipinski definition) is 0. The summed E-state index contributed by atoms with van der Waals surface area (Å²) in [7, 11) is 1.32. The average molecular weight is 565 g/mol. The van der Waals surface area contributed by atoms with Crippen molar-refractivity contribution in [3.05, 3.63) is 108 Å². The number of methoxy groups -OCH3 is 1. The first-order valence-electron chi connectivity index (χ1n) is 13.2. The van der Waals surface area contributed by atoms with Gasteiger partial charge in [-0.25, -0.2) is 18.8 Å². The highest BCUT2D eigenvalue weighted by Crippen LogP contribution is 2.40. The van der Waals surface area contributed by atoms with E-state index in [-0.39, 0.29) is 24.0 Å². The zero-order valence-electron chi connectivity index (χ0n) is 23.2. The van der Waals surface area contributed by atoms with Gasteiger partial charge in [-0.3, -0.25) is 0 Å². The third-order valence-corrected chi connectivity index (χ3v) is 6.85. The minimum atomic E-state index is -2.16. The van der Waals surface area contributed by atoms with E-state index in [2.05, 4.69) is 0 Å². The molecule has 0 aromatic heterocycles. The Morgan fingerprint density at radius 2 is 1.29 bits per heavy atom. The van der Waals surface area contributed by atoms with E-state index in [0.717, 1.165) is 0 Å². The Hall–Kier alpha value is -4.08. The van der Waals surface area contributed by atoms with Gasteiger partial charge in [0.05, 0.1) is 16.7 Å². The van der Waals surface area contributed by atoms with Gasteiger partial charge in [0.15, 0.2) is 12.4 Å². The summed E-state index contributed by atoms with van der Waals surface area (Å²) in [5, 5.41) is 0. The maximum atomic E-state index is 16.5. The van der Waals surface area contributed by atoms with E-state index >= 15 is 4.39 Å². The number of halogens is 1. The molecule has 1 heterocycles. The van der Waals surface area contributed by atoms with Crippen LogP contribution in [-0.4, -0.2) is 61.4 Å². The first-order chi connectivity index (χ1) is 19.6. The first-order valence-corrected chi connectivity index (χ1v) is 13.2. The molecule has 0 radical (unpaired) electrons. The average Bonchev–Trinajstić information content (AvgIpc) is 2.97. The van der Waals surface area contributed by atoms with Crippen molar-refractivity contribution in [3.63, 3.8) is 0 Å². The molecule has 41 heavy (non-hydrogen) atoms. The Balaban J connectivity index is 1.63. The van der Waals surface area contributed by atoms with E-state index in [4.69, 9.17) is 23.7 Å². The van der Waals surface area contributed by atoms with Gasteiger partial charge >= 0.3 is 17.9 Å². The number of benzene rings is 3. The quantitative estimate of drug-likeness (QED) is 0.259. The molecule has 1 aliphatic rings. The Kier molecular flexibility index (Phi) is 9.52. The van der Waals surface area contributed by atoms with Crippen molar-refractivity contribution in [2.24, 2.45) is 0 Å². The molecule has 1 aliphatic heterocycles. The van der Waals surface area contributed by atoms with E-state index in [9.17, 15) is 14.4 Å². The molecule has 1 fully saturated rings. The van der Waals surface area contributed by atoms with Crippen molar-refractivity contribution in [2.75, 3.05) is 13.7 Å². The molecule has 4 rings (SSSR count). The number of carbonyl (C=O) groups excluding carboxylic acids is 3. The fraction of sp³-hybridized carbons (Fsp3) is 0.344. The lowest BCUT2D eigenvalue weighted by atomic mass is 9.82. The molecule has 3 aromatic carbocycles. The van der Waals surface area contributed by atoms with Gasteiger partial charge < -0.3 is 23.7 Å². The van der Waals surface area contributed by atoms with Crippen molar-refractivity contribution in [1.82, 2.24) is 0 Å². The number of esters is 3. The summed E-state index contributed by atoms with van der Waals surface area (Å²) in [5.74, 6) is -1.99. The molecular formula is C32H33FO8. The lowest BCUT2D eigenvalue weighted by molar-refractivity contribution is -0.258. The molecule has 1 saturated heterocycles. The van der Waals surface area contributed by atoms with E-state index in [1.54, 1.807) is 97.9 Å². The Bertz CT molecular complexity index is 1320. The molecule has 8 nitrogen and oxygen atoms in total. The largest absolute Gasteiger partial charge is 0.459 e. The van der Waals surface area contributed by atoms with Crippen LogP contribution in [0.3, 0.4) is 0 Å². The van der Waals surface area contributed by atoms with Crippen LogP contribution in [0.2, 0.25) is 0 Å². The molecule has 5 unspecified atom stereocenters. The van der Waals surface area contributed by atoms with Crippen LogP contribution in [-0.2, 0) is 23.7 Å². The monoisotopic (exact) mass is 564 g/mol. The van der Waals surface area contributed by atoms with Crippen molar-refractivity contribution in [3.8, 4) is 0 Å². The second-order valence-corrected chi connectivity index (χ2v) is 10.4. The van der Waals surface area contributed by atoms with Gasteiger partial charge in [0, 0.05) is 20.0 Å². The number of carbonyl (C=O) groups is 3. The number of rotatable bonds is 8. The van der Waals surface area contributed by atoms with Crippen LogP contribution in [0.15, 0.2) is 91.0 Å². The van der Waals surface area contributed by atoms with Crippen LogP contribution in [0, 0.1) is 0 Å². The topological polar surface area (TPSA) is 97.4 Å². The van der Waals surface area contributed by atoms with Gasteiger partial charge in [0.2, 0.25) is 0 Å². The summed E-state index contributed by atoms with van der Waals surface area (Å²) in [6.45, 7) is 2.38. The third kappa shape index (κ3) is 7.77. The third-order valence-electron chi connectivity index (χ3n) is 6.85. The minimum Gasteiger partial charge on any atom is -0.459 e. The van der Waals surface area contributed by atoms with E-state index in [0.29, 0.717) is 5.56 Å². The predicted octanol–water partition coefficient (Wildman–Crippen LogP) is 5.56. The van der Waals surface area contributed by atoms with Crippen LogP contribution in [0.25, 0.3) is 0 Å². The zero-order chi connectivity index (χ0) is 29.5. The minimum absolute atomic E-state index is 0.126. The summed E-state index contributed by atoms with van der Waals surface area (Å²) >= 11 is 0. The van der Waals surface area contributed by atoms with Crippen molar-refractivity contribution >= 4 is 17.9 Å². The van der Waals surface area contributed by atoms with Gasteiger partial charge in [0.1, 0.15) is 24.0 Å². The number of alkyl halides is 1. The van der Waals surface area contributed by atoms with E-state index < -0.39 is 54.3 Å². The number of ether oxygens (including phenoxy) is 5. The molecule has 0 amide bonds. The molecule has 5 atom stereocenters. The Morgan fingerprint density at radius 3 is 1.80 bits per heavy atom. The predicted molar refractivity (Wildman–Crippen MR) is 147 cm³/mol. The van der Waals surface area contributed by atoms with Crippen molar-refractivity contribution < 1.29 is 42.5 Å². The second kappa shape index (κ2) is 13.1. The first kappa shape index (κ1) is 29.9. The number of hydrogen-bond acceptors (Lipinski definition) is 8. The summed E-state index contributed by atoms with van der Waals surface area (Å²) in [6, 6.07) is 24.9. The van der Waals surface area contributed by atoms with Gasteiger partial charge in [-0.1, -0.05) is 54.6 Å².